The molecule has 0 aromatic heterocycles. The Labute approximate surface area is 121 Å². The van der Waals surface area contributed by atoms with E-state index < -0.39 is 11.6 Å². The van der Waals surface area contributed by atoms with Gasteiger partial charge in [-0.05, 0) is 42.8 Å². The summed E-state index contributed by atoms with van der Waals surface area (Å²) in [6, 6.07) is 8.10. The molecule has 0 fully saturated rings. The molecule has 2 rings (SSSR count). The zero-order valence-electron chi connectivity index (χ0n) is 10.9. The fraction of sp³-hybridized carbons (Fsp3) is 0.200. The van der Waals surface area contributed by atoms with Crippen LogP contribution >= 0.6 is 11.6 Å². The van der Waals surface area contributed by atoms with Gasteiger partial charge in [-0.1, -0.05) is 11.6 Å². The van der Waals surface area contributed by atoms with Crippen LogP contribution in [-0.2, 0) is 6.61 Å². The number of halogens is 3. The molecule has 0 bridgehead atoms. The molecule has 0 unspecified atom stereocenters. The molecule has 106 valence electrons. The molecule has 2 N–H and O–H groups in total. The molecule has 1 atom stereocenters. The zero-order valence-corrected chi connectivity index (χ0v) is 11.6. The summed E-state index contributed by atoms with van der Waals surface area (Å²) >= 11 is 5.91. The second kappa shape index (κ2) is 6.20. The molecule has 2 nitrogen and oxygen atoms in total. The summed E-state index contributed by atoms with van der Waals surface area (Å²) in [5, 5.41) is 0.557. The Bertz CT molecular complexity index is 597. The van der Waals surface area contributed by atoms with Gasteiger partial charge < -0.3 is 10.5 Å². The van der Waals surface area contributed by atoms with E-state index in [0.29, 0.717) is 16.3 Å². The fourth-order valence-corrected chi connectivity index (χ4v) is 2.04. The molecule has 0 aliphatic carbocycles. The van der Waals surface area contributed by atoms with E-state index in [-0.39, 0.29) is 12.6 Å². The number of rotatable bonds is 4. The first-order valence-electron chi connectivity index (χ1n) is 6.08. The summed E-state index contributed by atoms with van der Waals surface area (Å²) in [7, 11) is 0. The standard InChI is InChI=1S/C15H14ClF2NO/c1-9(19)14-6-11(16)2-3-15(14)20-8-10-4-12(17)7-13(18)5-10/h2-7,9H,8,19H2,1H3/t9-/m0/s1. The van der Waals surface area contributed by atoms with Gasteiger partial charge in [-0.2, -0.15) is 0 Å². The van der Waals surface area contributed by atoms with Gasteiger partial charge in [0.05, 0.1) is 0 Å². The average Bonchev–Trinajstić information content (AvgIpc) is 2.36. The Morgan fingerprint density at radius 2 is 1.80 bits per heavy atom. The van der Waals surface area contributed by atoms with Gasteiger partial charge in [0, 0.05) is 22.7 Å². The van der Waals surface area contributed by atoms with Crippen LogP contribution in [-0.4, -0.2) is 0 Å². The highest BCUT2D eigenvalue weighted by Gasteiger charge is 2.10. The SMILES string of the molecule is C[C@H](N)c1cc(Cl)ccc1OCc1cc(F)cc(F)c1. The second-order valence-electron chi connectivity index (χ2n) is 4.54. The molecule has 0 aliphatic heterocycles. The summed E-state index contributed by atoms with van der Waals surface area (Å²) in [5.41, 5.74) is 7.00. The van der Waals surface area contributed by atoms with E-state index in [0.717, 1.165) is 11.6 Å². The maximum Gasteiger partial charge on any atom is 0.126 e. The van der Waals surface area contributed by atoms with Gasteiger partial charge >= 0.3 is 0 Å². The van der Waals surface area contributed by atoms with Gasteiger partial charge in [0.2, 0.25) is 0 Å². The molecule has 0 saturated carbocycles. The lowest BCUT2D eigenvalue weighted by Gasteiger charge is -2.14. The molecule has 0 saturated heterocycles. The van der Waals surface area contributed by atoms with E-state index in [4.69, 9.17) is 22.1 Å². The van der Waals surface area contributed by atoms with Gasteiger partial charge in [0.25, 0.3) is 0 Å². The van der Waals surface area contributed by atoms with Crippen molar-refractivity contribution in [2.75, 3.05) is 0 Å². The number of nitrogens with two attached hydrogens (primary N) is 1. The summed E-state index contributed by atoms with van der Waals surface area (Å²) in [6.07, 6.45) is 0. The molecular weight excluding hydrogens is 284 g/mol. The minimum absolute atomic E-state index is 0.0516. The van der Waals surface area contributed by atoms with Crippen LogP contribution in [0.25, 0.3) is 0 Å². The lowest BCUT2D eigenvalue weighted by Crippen LogP contribution is -2.08. The molecule has 0 aliphatic rings. The Kier molecular flexibility index (Phi) is 4.57. The van der Waals surface area contributed by atoms with Crippen molar-refractivity contribution >= 4 is 11.6 Å². The predicted octanol–water partition coefficient (Wildman–Crippen LogP) is 4.22. The maximum atomic E-state index is 13.1. The highest BCUT2D eigenvalue weighted by molar-refractivity contribution is 6.30. The minimum atomic E-state index is -0.632. The van der Waals surface area contributed by atoms with Crippen molar-refractivity contribution in [3.05, 3.63) is 64.2 Å². The van der Waals surface area contributed by atoms with E-state index in [9.17, 15) is 8.78 Å². The molecule has 0 radical (unpaired) electrons. The Morgan fingerprint density at radius 1 is 1.15 bits per heavy atom. The first-order valence-corrected chi connectivity index (χ1v) is 6.46. The minimum Gasteiger partial charge on any atom is -0.489 e. The van der Waals surface area contributed by atoms with E-state index in [1.807, 2.05) is 0 Å². The summed E-state index contributed by atoms with van der Waals surface area (Å²) in [5.74, 6) is -0.715. The Morgan fingerprint density at radius 3 is 2.40 bits per heavy atom. The number of benzene rings is 2. The van der Waals surface area contributed by atoms with E-state index in [1.165, 1.54) is 12.1 Å². The number of hydrogen-bond acceptors (Lipinski definition) is 2. The van der Waals surface area contributed by atoms with Gasteiger partial charge in [0.1, 0.15) is 24.0 Å². The van der Waals surface area contributed by atoms with Crippen LogP contribution in [0.5, 0.6) is 5.75 Å². The molecule has 0 amide bonds. The highest BCUT2D eigenvalue weighted by atomic mass is 35.5. The van der Waals surface area contributed by atoms with Crippen molar-refractivity contribution in [1.29, 1.82) is 0 Å². The first kappa shape index (κ1) is 14.8. The third-order valence-corrected chi connectivity index (χ3v) is 3.01. The molecule has 2 aromatic carbocycles. The van der Waals surface area contributed by atoms with Gasteiger partial charge in [-0.25, -0.2) is 8.78 Å². The van der Waals surface area contributed by atoms with Gasteiger partial charge in [-0.3, -0.25) is 0 Å². The Balaban J connectivity index is 2.18. The van der Waals surface area contributed by atoms with Crippen molar-refractivity contribution in [3.63, 3.8) is 0 Å². The summed E-state index contributed by atoms with van der Waals surface area (Å²) in [6.45, 7) is 1.86. The normalized spacial score (nSPS) is 12.2. The van der Waals surface area contributed by atoms with Crippen molar-refractivity contribution in [2.24, 2.45) is 5.73 Å². The number of hydrogen-bond donors (Lipinski definition) is 1. The summed E-state index contributed by atoms with van der Waals surface area (Å²) in [4.78, 5) is 0. The van der Waals surface area contributed by atoms with Gasteiger partial charge in [0.15, 0.2) is 0 Å². The predicted molar refractivity (Wildman–Crippen MR) is 74.7 cm³/mol. The van der Waals surface area contributed by atoms with Crippen LogP contribution in [0.3, 0.4) is 0 Å². The highest BCUT2D eigenvalue weighted by Crippen LogP contribution is 2.28. The summed E-state index contributed by atoms with van der Waals surface area (Å²) < 4.78 is 31.7. The van der Waals surface area contributed by atoms with Crippen molar-refractivity contribution in [2.45, 2.75) is 19.6 Å². The fourth-order valence-electron chi connectivity index (χ4n) is 1.86. The van der Waals surface area contributed by atoms with Crippen LogP contribution < -0.4 is 10.5 Å². The van der Waals surface area contributed by atoms with Crippen LogP contribution in [0.4, 0.5) is 8.78 Å². The van der Waals surface area contributed by atoms with Crippen LogP contribution in [0.15, 0.2) is 36.4 Å². The average molecular weight is 298 g/mol. The maximum absolute atomic E-state index is 13.1. The topological polar surface area (TPSA) is 35.2 Å². The van der Waals surface area contributed by atoms with E-state index >= 15 is 0 Å². The Hall–Kier alpha value is -1.65. The largest absolute Gasteiger partial charge is 0.489 e. The van der Waals surface area contributed by atoms with E-state index in [1.54, 1.807) is 25.1 Å². The zero-order chi connectivity index (χ0) is 14.7. The lowest BCUT2D eigenvalue weighted by molar-refractivity contribution is 0.300. The third-order valence-electron chi connectivity index (χ3n) is 2.78. The first-order chi connectivity index (χ1) is 9.45. The van der Waals surface area contributed by atoms with Crippen LogP contribution in [0.2, 0.25) is 5.02 Å². The van der Waals surface area contributed by atoms with Crippen molar-refractivity contribution in [1.82, 2.24) is 0 Å². The molecule has 0 heterocycles. The van der Waals surface area contributed by atoms with Crippen LogP contribution in [0.1, 0.15) is 24.1 Å². The third kappa shape index (κ3) is 3.68. The molecule has 20 heavy (non-hydrogen) atoms. The van der Waals surface area contributed by atoms with E-state index in [2.05, 4.69) is 0 Å². The molecule has 2 aromatic rings. The van der Waals surface area contributed by atoms with Crippen molar-refractivity contribution in [3.8, 4) is 5.75 Å². The second-order valence-corrected chi connectivity index (χ2v) is 4.97. The lowest BCUT2D eigenvalue weighted by atomic mass is 10.1. The van der Waals surface area contributed by atoms with Crippen LogP contribution in [0, 0.1) is 11.6 Å². The quantitative estimate of drug-likeness (QED) is 0.917. The molecular formula is C15H14ClF2NO. The smallest absolute Gasteiger partial charge is 0.126 e. The molecule has 5 heteroatoms. The van der Waals surface area contributed by atoms with Gasteiger partial charge in [-0.15, -0.1) is 0 Å². The number of ether oxygens (including phenoxy) is 1. The monoisotopic (exact) mass is 297 g/mol. The molecule has 0 spiro atoms. The van der Waals surface area contributed by atoms with Crippen molar-refractivity contribution < 1.29 is 13.5 Å².